The lowest BCUT2D eigenvalue weighted by atomic mass is 9.97. The summed E-state index contributed by atoms with van der Waals surface area (Å²) < 4.78 is 10.7. The van der Waals surface area contributed by atoms with Gasteiger partial charge in [0.25, 0.3) is 0 Å². The first-order chi connectivity index (χ1) is 17.8. The number of aliphatic carboxylic acids is 1. The van der Waals surface area contributed by atoms with Crippen molar-refractivity contribution in [2.24, 2.45) is 5.92 Å². The van der Waals surface area contributed by atoms with Crippen LogP contribution in [0.3, 0.4) is 0 Å². The molecule has 0 radical (unpaired) electrons. The monoisotopic (exact) mass is 527 g/mol. The summed E-state index contributed by atoms with van der Waals surface area (Å²) >= 11 is 6.26. The highest BCUT2D eigenvalue weighted by Crippen LogP contribution is 2.36. The molecule has 1 aromatic heterocycles. The van der Waals surface area contributed by atoms with E-state index in [0.29, 0.717) is 65.9 Å². The number of nitro groups is 1. The predicted molar refractivity (Wildman–Crippen MR) is 140 cm³/mol. The van der Waals surface area contributed by atoms with E-state index in [1.165, 1.54) is 25.3 Å². The van der Waals surface area contributed by atoms with Gasteiger partial charge in [-0.25, -0.2) is 4.98 Å². The summed E-state index contributed by atoms with van der Waals surface area (Å²) in [5, 5.41) is 25.3. The Bertz CT molecular complexity index is 1340. The van der Waals surface area contributed by atoms with E-state index >= 15 is 0 Å². The number of carboxylic acid groups (broad SMARTS) is 1. The zero-order valence-electron chi connectivity index (χ0n) is 20.1. The van der Waals surface area contributed by atoms with Crippen LogP contribution < -0.4 is 19.7 Å². The number of anilines is 2. The fraction of sp³-hybridized carbons (Fsp3) is 0.320. The molecule has 1 fully saturated rings. The third-order valence-corrected chi connectivity index (χ3v) is 6.42. The van der Waals surface area contributed by atoms with Gasteiger partial charge in [0.15, 0.2) is 5.75 Å². The Balaban J connectivity index is 1.73. The van der Waals surface area contributed by atoms with Crippen molar-refractivity contribution in [2.75, 3.05) is 37.0 Å². The molecule has 2 heterocycles. The zero-order chi connectivity index (χ0) is 26.5. The molecule has 0 atom stereocenters. The Hall–Kier alpha value is -4.12. The van der Waals surface area contributed by atoms with E-state index in [4.69, 9.17) is 21.1 Å². The molecule has 0 unspecified atom stereocenters. The fourth-order valence-electron chi connectivity index (χ4n) is 4.15. The topological polar surface area (TPSA) is 140 Å². The number of aromatic nitrogens is 2. The molecule has 1 saturated heterocycles. The first-order valence-corrected chi connectivity index (χ1v) is 12.0. The number of carbonyl (C=O) groups is 1. The number of methoxy groups -OCH3 is 1. The van der Waals surface area contributed by atoms with Crippen LogP contribution in [0.4, 0.5) is 17.5 Å². The van der Waals surface area contributed by atoms with E-state index in [1.807, 2.05) is 11.0 Å². The number of nitro benzene ring substituents is 1. The van der Waals surface area contributed by atoms with Crippen LogP contribution in [0, 0.1) is 16.0 Å². The summed E-state index contributed by atoms with van der Waals surface area (Å²) in [7, 11) is 1.53. The van der Waals surface area contributed by atoms with Gasteiger partial charge < -0.3 is 24.8 Å². The van der Waals surface area contributed by atoms with Gasteiger partial charge >= 0.3 is 11.7 Å². The average Bonchev–Trinajstić information content (AvgIpc) is 2.89. The SMILES string of the molecule is C=CCOc1cc2nc(N3CCC(C(=O)O)CC3)nc(NCc3ccc(OC)c(Cl)c3)c2cc1[N+](=O)[O-]. The van der Waals surface area contributed by atoms with E-state index in [2.05, 4.69) is 21.9 Å². The Morgan fingerprint density at radius 3 is 2.68 bits per heavy atom. The number of halogens is 1. The van der Waals surface area contributed by atoms with E-state index in [9.17, 15) is 20.0 Å². The lowest BCUT2D eigenvalue weighted by Gasteiger charge is -2.30. The lowest BCUT2D eigenvalue weighted by molar-refractivity contribution is -0.385. The zero-order valence-corrected chi connectivity index (χ0v) is 20.9. The molecule has 2 aromatic carbocycles. The third kappa shape index (κ3) is 5.83. The minimum Gasteiger partial charge on any atom is -0.495 e. The summed E-state index contributed by atoms with van der Waals surface area (Å²) in [6.07, 6.45) is 2.44. The number of piperidine rings is 1. The number of benzene rings is 2. The fourth-order valence-corrected chi connectivity index (χ4v) is 4.43. The van der Waals surface area contributed by atoms with Crippen LogP contribution in [-0.4, -0.2) is 52.8 Å². The van der Waals surface area contributed by atoms with Crippen molar-refractivity contribution in [3.05, 3.63) is 63.7 Å². The Labute approximate surface area is 217 Å². The van der Waals surface area contributed by atoms with Crippen molar-refractivity contribution in [2.45, 2.75) is 19.4 Å². The molecule has 2 N–H and O–H groups in total. The quantitative estimate of drug-likeness (QED) is 0.217. The molecule has 0 bridgehead atoms. The number of fused-ring (bicyclic) bond motifs is 1. The van der Waals surface area contributed by atoms with Crippen LogP contribution >= 0.6 is 11.6 Å². The summed E-state index contributed by atoms with van der Waals surface area (Å²) in [5.41, 5.74) is 1.08. The predicted octanol–water partition coefficient (Wildman–Crippen LogP) is 4.68. The van der Waals surface area contributed by atoms with Crippen molar-refractivity contribution in [3.63, 3.8) is 0 Å². The first-order valence-electron chi connectivity index (χ1n) is 11.6. The van der Waals surface area contributed by atoms with Crippen molar-refractivity contribution in [3.8, 4) is 11.5 Å². The van der Waals surface area contributed by atoms with Crippen molar-refractivity contribution >= 4 is 45.9 Å². The number of nitrogens with one attached hydrogen (secondary N) is 1. The molecule has 3 aromatic rings. The highest BCUT2D eigenvalue weighted by molar-refractivity contribution is 6.32. The van der Waals surface area contributed by atoms with Gasteiger partial charge in [-0.2, -0.15) is 4.98 Å². The second kappa shape index (κ2) is 11.3. The van der Waals surface area contributed by atoms with Gasteiger partial charge in [-0.15, -0.1) is 0 Å². The van der Waals surface area contributed by atoms with Crippen LogP contribution in [0.25, 0.3) is 10.9 Å². The maximum atomic E-state index is 11.8. The number of rotatable bonds is 10. The normalized spacial score (nSPS) is 13.8. The van der Waals surface area contributed by atoms with E-state index in [-0.39, 0.29) is 18.0 Å². The average molecular weight is 528 g/mol. The van der Waals surface area contributed by atoms with E-state index < -0.39 is 16.8 Å². The van der Waals surface area contributed by atoms with Crippen LogP contribution in [0.2, 0.25) is 5.02 Å². The Kier molecular flexibility index (Phi) is 7.92. The summed E-state index contributed by atoms with van der Waals surface area (Å²) in [6.45, 7) is 4.97. The summed E-state index contributed by atoms with van der Waals surface area (Å²) in [6, 6.07) is 8.27. The maximum Gasteiger partial charge on any atom is 0.311 e. The lowest BCUT2D eigenvalue weighted by Crippen LogP contribution is -2.37. The van der Waals surface area contributed by atoms with Gasteiger partial charge in [-0.3, -0.25) is 14.9 Å². The number of hydrogen-bond donors (Lipinski definition) is 2. The molecule has 0 amide bonds. The standard InChI is InChI=1S/C25H26ClN5O6/c1-3-10-37-22-13-19-17(12-20(22)31(34)35)23(27-14-15-4-5-21(36-2)18(26)11-15)29-25(28-19)30-8-6-16(7-9-30)24(32)33/h3-5,11-13,16H,1,6-10,14H2,2H3,(H,32,33)(H,27,28,29). The second-order valence-corrected chi connectivity index (χ2v) is 8.90. The van der Waals surface area contributed by atoms with Crippen LogP contribution in [0.5, 0.6) is 11.5 Å². The molecule has 4 rings (SSSR count). The van der Waals surface area contributed by atoms with Crippen molar-refractivity contribution < 1.29 is 24.3 Å². The largest absolute Gasteiger partial charge is 0.495 e. The molecule has 11 nitrogen and oxygen atoms in total. The number of ether oxygens (including phenoxy) is 2. The Morgan fingerprint density at radius 2 is 2.05 bits per heavy atom. The van der Waals surface area contributed by atoms with Crippen LogP contribution in [0.15, 0.2) is 43.0 Å². The minimum atomic E-state index is -0.809. The first kappa shape index (κ1) is 26.0. The van der Waals surface area contributed by atoms with Crippen LogP contribution in [0.1, 0.15) is 18.4 Å². The third-order valence-electron chi connectivity index (χ3n) is 6.12. The maximum absolute atomic E-state index is 11.8. The number of carboxylic acids is 1. The summed E-state index contributed by atoms with van der Waals surface area (Å²) in [5.74, 6) is 0.194. The van der Waals surface area contributed by atoms with Crippen molar-refractivity contribution in [1.82, 2.24) is 9.97 Å². The Morgan fingerprint density at radius 1 is 1.30 bits per heavy atom. The highest BCUT2D eigenvalue weighted by Gasteiger charge is 2.27. The molecule has 12 heteroatoms. The molecule has 0 aliphatic carbocycles. The highest BCUT2D eigenvalue weighted by atomic mass is 35.5. The van der Waals surface area contributed by atoms with E-state index in [0.717, 1.165) is 5.56 Å². The van der Waals surface area contributed by atoms with Gasteiger partial charge in [-0.1, -0.05) is 30.3 Å². The van der Waals surface area contributed by atoms with E-state index in [1.54, 1.807) is 12.1 Å². The minimum absolute atomic E-state index is 0.0690. The molecular formula is C25H26ClN5O6. The number of hydrogen-bond acceptors (Lipinski definition) is 9. The van der Waals surface area contributed by atoms with Gasteiger partial charge in [0.1, 0.15) is 18.2 Å². The molecule has 0 saturated carbocycles. The molecule has 1 aliphatic rings. The second-order valence-electron chi connectivity index (χ2n) is 8.49. The van der Waals surface area contributed by atoms with Gasteiger partial charge in [0.2, 0.25) is 5.95 Å². The van der Waals surface area contributed by atoms with Crippen molar-refractivity contribution in [1.29, 1.82) is 0 Å². The molecule has 1 aliphatic heterocycles. The van der Waals surface area contributed by atoms with Gasteiger partial charge in [0.05, 0.1) is 28.5 Å². The smallest absolute Gasteiger partial charge is 0.311 e. The van der Waals surface area contributed by atoms with Gasteiger partial charge in [-0.05, 0) is 30.5 Å². The van der Waals surface area contributed by atoms with Gasteiger partial charge in [0, 0.05) is 37.2 Å². The number of nitrogens with zero attached hydrogens (tertiary/aromatic N) is 4. The van der Waals surface area contributed by atoms with Crippen LogP contribution in [-0.2, 0) is 11.3 Å². The molecule has 194 valence electrons. The summed E-state index contributed by atoms with van der Waals surface area (Å²) in [4.78, 5) is 33.9. The molecular weight excluding hydrogens is 502 g/mol. The molecule has 37 heavy (non-hydrogen) atoms. The molecule has 0 spiro atoms.